The summed E-state index contributed by atoms with van der Waals surface area (Å²) >= 11 is 0. The van der Waals surface area contributed by atoms with Gasteiger partial charge in [0, 0.05) is 19.3 Å². The highest BCUT2D eigenvalue weighted by molar-refractivity contribution is 5.71. The summed E-state index contributed by atoms with van der Waals surface area (Å²) in [5, 5.41) is 0. The van der Waals surface area contributed by atoms with E-state index in [0.29, 0.717) is 19.3 Å². The maximum absolute atomic E-state index is 12.7. The lowest BCUT2D eigenvalue weighted by Crippen LogP contribution is -2.30. The van der Waals surface area contributed by atoms with Gasteiger partial charge < -0.3 is 14.2 Å². The van der Waals surface area contributed by atoms with Gasteiger partial charge in [-0.05, 0) is 77.0 Å². The molecule has 0 aliphatic heterocycles. The van der Waals surface area contributed by atoms with E-state index in [-0.39, 0.29) is 31.1 Å². The standard InChI is InChI=1S/C53H92O6/c1-4-7-10-13-16-19-22-24-26-27-29-31-34-37-40-43-46-52(55)58-49-50(48-57-51(54)45-42-39-36-33-30-21-18-15-12-9-6-3)59-53(56)47-44-41-38-35-32-28-25-23-20-17-14-11-8-5-2/h8,11,17,20,25-29,31,50H,4-7,9-10,12-16,18-19,21-24,30,32-49H2,1-3H3/b11-8-,20-17-,27-26-,28-25-,31-29-. The number of esters is 3. The number of unbranched alkanes of at least 4 members (excludes halogenated alkanes) is 24. The second-order valence-electron chi connectivity index (χ2n) is 16.4. The molecule has 0 spiro atoms. The van der Waals surface area contributed by atoms with Crippen LogP contribution in [0.5, 0.6) is 0 Å². The second-order valence-corrected chi connectivity index (χ2v) is 16.4. The highest BCUT2D eigenvalue weighted by Crippen LogP contribution is 2.14. The summed E-state index contributed by atoms with van der Waals surface area (Å²) in [6, 6.07) is 0. The van der Waals surface area contributed by atoms with Crippen molar-refractivity contribution in [2.75, 3.05) is 13.2 Å². The van der Waals surface area contributed by atoms with Gasteiger partial charge in [-0.2, -0.15) is 0 Å². The van der Waals surface area contributed by atoms with E-state index in [0.717, 1.165) is 103 Å². The molecule has 0 aromatic carbocycles. The minimum absolute atomic E-state index is 0.0906. The minimum Gasteiger partial charge on any atom is -0.462 e. The summed E-state index contributed by atoms with van der Waals surface area (Å²) in [5.41, 5.74) is 0. The topological polar surface area (TPSA) is 78.9 Å². The molecule has 0 saturated heterocycles. The van der Waals surface area contributed by atoms with Crippen molar-refractivity contribution in [1.82, 2.24) is 0 Å². The first-order valence-electron chi connectivity index (χ1n) is 24.8. The summed E-state index contributed by atoms with van der Waals surface area (Å²) < 4.78 is 16.7. The molecule has 0 bridgehead atoms. The zero-order chi connectivity index (χ0) is 43.0. The quantitative estimate of drug-likeness (QED) is 0.0200. The van der Waals surface area contributed by atoms with Crippen LogP contribution < -0.4 is 0 Å². The van der Waals surface area contributed by atoms with Gasteiger partial charge in [-0.25, -0.2) is 0 Å². The molecule has 0 saturated carbocycles. The molecule has 6 nitrogen and oxygen atoms in total. The van der Waals surface area contributed by atoms with Crippen LogP contribution in [-0.4, -0.2) is 37.2 Å². The van der Waals surface area contributed by atoms with Crippen molar-refractivity contribution in [1.29, 1.82) is 0 Å². The minimum atomic E-state index is -0.793. The van der Waals surface area contributed by atoms with Crippen LogP contribution in [0.4, 0.5) is 0 Å². The van der Waals surface area contributed by atoms with Gasteiger partial charge in [-0.15, -0.1) is 0 Å². The zero-order valence-corrected chi connectivity index (χ0v) is 38.8. The Labute approximate surface area is 364 Å². The fourth-order valence-corrected chi connectivity index (χ4v) is 6.80. The van der Waals surface area contributed by atoms with E-state index < -0.39 is 6.10 Å². The number of ether oxygens (including phenoxy) is 3. The second kappa shape index (κ2) is 47.8. The average Bonchev–Trinajstić information content (AvgIpc) is 3.23. The molecule has 0 radical (unpaired) electrons. The van der Waals surface area contributed by atoms with Crippen molar-refractivity contribution < 1.29 is 28.6 Å². The molecule has 0 N–H and O–H groups in total. The van der Waals surface area contributed by atoms with E-state index in [1.54, 1.807) is 0 Å². The summed E-state index contributed by atoms with van der Waals surface area (Å²) in [4.78, 5) is 37.8. The molecule has 0 aliphatic carbocycles. The Kier molecular flexibility index (Phi) is 45.4. The van der Waals surface area contributed by atoms with Crippen LogP contribution in [0.2, 0.25) is 0 Å². The van der Waals surface area contributed by atoms with Crippen LogP contribution in [0, 0.1) is 0 Å². The first-order valence-corrected chi connectivity index (χ1v) is 24.8. The Hall–Kier alpha value is -2.89. The Morgan fingerprint density at radius 3 is 1.15 bits per heavy atom. The van der Waals surface area contributed by atoms with Crippen molar-refractivity contribution in [3.8, 4) is 0 Å². The van der Waals surface area contributed by atoms with Gasteiger partial charge in [0.05, 0.1) is 0 Å². The summed E-state index contributed by atoms with van der Waals surface area (Å²) in [6.07, 6.45) is 57.7. The van der Waals surface area contributed by atoms with Gasteiger partial charge in [0.25, 0.3) is 0 Å². The molecule has 0 aliphatic rings. The van der Waals surface area contributed by atoms with E-state index in [1.807, 2.05) is 0 Å². The molecule has 0 rings (SSSR count). The monoisotopic (exact) mass is 825 g/mol. The largest absolute Gasteiger partial charge is 0.462 e. The highest BCUT2D eigenvalue weighted by atomic mass is 16.6. The molecular weight excluding hydrogens is 733 g/mol. The van der Waals surface area contributed by atoms with Crippen molar-refractivity contribution in [2.45, 2.75) is 245 Å². The van der Waals surface area contributed by atoms with Gasteiger partial charge in [-0.3, -0.25) is 14.4 Å². The van der Waals surface area contributed by atoms with Gasteiger partial charge in [0.1, 0.15) is 13.2 Å². The van der Waals surface area contributed by atoms with Crippen LogP contribution in [0.25, 0.3) is 0 Å². The van der Waals surface area contributed by atoms with E-state index >= 15 is 0 Å². The van der Waals surface area contributed by atoms with E-state index in [2.05, 4.69) is 81.5 Å². The molecule has 6 heteroatoms. The van der Waals surface area contributed by atoms with Crippen molar-refractivity contribution in [3.05, 3.63) is 60.8 Å². The molecule has 340 valence electrons. The summed E-state index contributed by atoms with van der Waals surface area (Å²) in [5.74, 6) is -0.940. The SMILES string of the molecule is CC/C=C\C/C=C\C/C=C\CCCCCCC(=O)OC(COC(=O)CCCCC/C=C\C=C/CCCCCCCCC)COC(=O)CCCCCCCCCCCCC. The molecular formula is C53H92O6. The number of rotatable bonds is 44. The first kappa shape index (κ1) is 56.1. The Bertz CT molecular complexity index is 1090. The Morgan fingerprint density at radius 1 is 0.373 bits per heavy atom. The van der Waals surface area contributed by atoms with Crippen LogP contribution in [0.3, 0.4) is 0 Å². The van der Waals surface area contributed by atoms with Crippen molar-refractivity contribution >= 4 is 17.9 Å². The first-order chi connectivity index (χ1) is 29.0. The molecule has 0 heterocycles. The third-order valence-corrected chi connectivity index (χ3v) is 10.5. The van der Waals surface area contributed by atoms with Gasteiger partial charge >= 0.3 is 17.9 Å². The van der Waals surface area contributed by atoms with Gasteiger partial charge in [0.15, 0.2) is 6.10 Å². The Balaban J connectivity index is 4.44. The summed E-state index contributed by atoms with van der Waals surface area (Å²) in [7, 11) is 0. The summed E-state index contributed by atoms with van der Waals surface area (Å²) in [6.45, 7) is 6.47. The fourth-order valence-electron chi connectivity index (χ4n) is 6.80. The lowest BCUT2D eigenvalue weighted by atomic mass is 10.1. The van der Waals surface area contributed by atoms with Crippen LogP contribution in [-0.2, 0) is 28.6 Å². The molecule has 0 aromatic heterocycles. The molecule has 0 fully saturated rings. The van der Waals surface area contributed by atoms with Gasteiger partial charge in [0.2, 0.25) is 0 Å². The maximum atomic E-state index is 12.7. The van der Waals surface area contributed by atoms with Crippen molar-refractivity contribution in [2.24, 2.45) is 0 Å². The molecule has 0 aromatic rings. The molecule has 59 heavy (non-hydrogen) atoms. The lowest BCUT2D eigenvalue weighted by molar-refractivity contribution is -0.167. The van der Waals surface area contributed by atoms with Crippen molar-refractivity contribution in [3.63, 3.8) is 0 Å². The normalized spacial score (nSPS) is 12.5. The van der Waals surface area contributed by atoms with E-state index in [9.17, 15) is 14.4 Å². The van der Waals surface area contributed by atoms with E-state index in [1.165, 1.54) is 96.3 Å². The average molecular weight is 825 g/mol. The van der Waals surface area contributed by atoms with Crippen LogP contribution in [0.1, 0.15) is 239 Å². The van der Waals surface area contributed by atoms with Gasteiger partial charge in [-0.1, -0.05) is 204 Å². The Morgan fingerprint density at radius 2 is 0.712 bits per heavy atom. The number of allylic oxidation sites excluding steroid dienone is 10. The number of carbonyl (C=O) groups excluding carboxylic acids is 3. The fraction of sp³-hybridized carbons (Fsp3) is 0.755. The predicted octanol–water partition coefficient (Wildman–Crippen LogP) is 16.1. The maximum Gasteiger partial charge on any atom is 0.306 e. The third kappa shape index (κ3) is 46.0. The van der Waals surface area contributed by atoms with Crippen LogP contribution in [0.15, 0.2) is 60.8 Å². The highest BCUT2D eigenvalue weighted by Gasteiger charge is 2.19. The predicted molar refractivity (Wildman–Crippen MR) is 251 cm³/mol. The number of carbonyl (C=O) groups is 3. The molecule has 1 unspecified atom stereocenters. The van der Waals surface area contributed by atoms with Crippen LogP contribution >= 0.6 is 0 Å². The number of hydrogen-bond acceptors (Lipinski definition) is 6. The zero-order valence-electron chi connectivity index (χ0n) is 38.8. The third-order valence-electron chi connectivity index (χ3n) is 10.5. The molecule has 1 atom stereocenters. The number of hydrogen-bond donors (Lipinski definition) is 0. The van der Waals surface area contributed by atoms with E-state index in [4.69, 9.17) is 14.2 Å². The lowest BCUT2D eigenvalue weighted by Gasteiger charge is -2.18. The molecule has 0 amide bonds. The smallest absolute Gasteiger partial charge is 0.306 e.